The number of carbonyl (C=O) groups is 2. The second kappa shape index (κ2) is 42.4. The Kier molecular flexibility index (Phi) is 41.5. The number of esters is 2. The van der Waals surface area contributed by atoms with Gasteiger partial charge in [0.1, 0.15) is 6.61 Å². The molecule has 8 nitrogen and oxygen atoms in total. The molecule has 0 bridgehead atoms. The molecule has 55 heavy (non-hydrogen) atoms. The summed E-state index contributed by atoms with van der Waals surface area (Å²) in [5.41, 5.74) is 0. The van der Waals surface area contributed by atoms with Gasteiger partial charge in [-0.05, 0) is 38.5 Å². The van der Waals surface area contributed by atoms with Gasteiger partial charge in [0.15, 0.2) is 6.10 Å². The van der Waals surface area contributed by atoms with Gasteiger partial charge >= 0.3 is 19.8 Å². The highest BCUT2D eigenvalue weighted by Crippen LogP contribution is 2.36. The zero-order valence-electron chi connectivity index (χ0n) is 36.1. The molecule has 2 N–H and O–H groups in total. The Bertz CT molecular complexity index is 904. The largest absolute Gasteiger partial charge is 0.469 e. The Morgan fingerprint density at radius 3 is 1.11 bits per heavy atom. The molecule has 1 atom stereocenters. The van der Waals surface area contributed by atoms with Crippen LogP contribution in [0.3, 0.4) is 0 Å². The molecule has 0 unspecified atom stereocenters. The predicted octanol–water partition coefficient (Wildman–Crippen LogP) is 14.6. The summed E-state index contributed by atoms with van der Waals surface area (Å²) in [6, 6.07) is 0. The summed E-state index contributed by atoms with van der Waals surface area (Å²) in [6.07, 6.45) is 48.0. The van der Waals surface area contributed by atoms with E-state index in [4.69, 9.17) is 19.3 Å². The first-order valence-electron chi connectivity index (χ1n) is 23.5. The maximum Gasteiger partial charge on any atom is 0.469 e. The van der Waals surface area contributed by atoms with Gasteiger partial charge in [-0.3, -0.25) is 14.1 Å². The van der Waals surface area contributed by atoms with Crippen LogP contribution in [-0.4, -0.2) is 41.0 Å². The minimum Gasteiger partial charge on any atom is -0.462 e. The van der Waals surface area contributed by atoms with Crippen LogP contribution >= 0.6 is 7.82 Å². The Morgan fingerprint density at radius 2 is 0.764 bits per heavy atom. The van der Waals surface area contributed by atoms with Crippen LogP contribution in [-0.2, 0) is 28.2 Å². The molecule has 0 amide bonds. The minimum absolute atomic E-state index is 0.217. The first kappa shape index (κ1) is 53.8. The maximum atomic E-state index is 12.4. The zero-order chi connectivity index (χ0) is 40.3. The normalized spacial score (nSPS) is 12.4. The lowest BCUT2D eigenvalue weighted by Crippen LogP contribution is -2.29. The van der Waals surface area contributed by atoms with Crippen LogP contribution in [0.5, 0.6) is 0 Å². The number of phosphoric ester groups is 1. The summed E-state index contributed by atoms with van der Waals surface area (Å²) < 4.78 is 26.5. The number of carbonyl (C=O) groups excluding carboxylic acids is 2. The van der Waals surface area contributed by atoms with E-state index in [0.717, 1.165) is 51.4 Å². The second-order valence-electron chi connectivity index (χ2n) is 16.1. The van der Waals surface area contributed by atoms with Gasteiger partial charge in [-0.25, -0.2) is 4.57 Å². The molecule has 0 aromatic rings. The van der Waals surface area contributed by atoms with Crippen molar-refractivity contribution >= 4 is 19.8 Å². The van der Waals surface area contributed by atoms with E-state index in [-0.39, 0.29) is 19.4 Å². The van der Waals surface area contributed by atoms with Crippen molar-refractivity contribution in [3.8, 4) is 0 Å². The van der Waals surface area contributed by atoms with Crippen LogP contribution < -0.4 is 0 Å². The van der Waals surface area contributed by atoms with Gasteiger partial charge in [-0.15, -0.1) is 0 Å². The molecular formula is C46H89O8P. The third-order valence-corrected chi connectivity index (χ3v) is 11.0. The van der Waals surface area contributed by atoms with E-state index in [0.29, 0.717) is 6.42 Å². The highest BCUT2D eigenvalue weighted by Gasteiger charge is 2.23. The van der Waals surface area contributed by atoms with Gasteiger partial charge in [0.2, 0.25) is 0 Å². The van der Waals surface area contributed by atoms with Gasteiger partial charge in [-0.2, -0.15) is 0 Å². The molecule has 0 aliphatic rings. The fraction of sp³-hybridized carbons (Fsp3) is 0.913. The molecule has 0 saturated carbocycles. The SMILES string of the molecule is CCCCCCCC/C=C/CCCCCCCC(=O)OC[C@H](COP(=O)(O)O)OC(=O)CCCCCCCCCCCCCCCCCCCCCCCC. The van der Waals surface area contributed by atoms with E-state index in [2.05, 4.69) is 30.5 Å². The average molecular weight is 801 g/mol. The van der Waals surface area contributed by atoms with Crippen LogP contribution in [0.4, 0.5) is 0 Å². The van der Waals surface area contributed by atoms with E-state index in [9.17, 15) is 14.2 Å². The molecule has 0 fully saturated rings. The third-order valence-electron chi connectivity index (χ3n) is 10.5. The van der Waals surface area contributed by atoms with Crippen molar-refractivity contribution in [1.29, 1.82) is 0 Å². The third kappa shape index (κ3) is 45.4. The monoisotopic (exact) mass is 801 g/mol. The highest BCUT2D eigenvalue weighted by molar-refractivity contribution is 7.46. The Labute approximate surface area is 339 Å². The van der Waals surface area contributed by atoms with E-state index in [1.807, 2.05) is 0 Å². The molecule has 326 valence electrons. The summed E-state index contributed by atoms with van der Waals surface area (Å²) in [5.74, 6) is -0.879. The summed E-state index contributed by atoms with van der Waals surface area (Å²) in [5, 5.41) is 0. The lowest BCUT2D eigenvalue weighted by molar-refractivity contribution is -0.161. The van der Waals surface area contributed by atoms with Crippen molar-refractivity contribution in [2.45, 2.75) is 258 Å². The number of hydrogen-bond acceptors (Lipinski definition) is 6. The summed E-state index contributed by atoms with van der Waals surface area (Å²) in [7, 11) is -4.75. The minimum atomic E-state index is -4.75. The Morgan fingerprint density at radius 1 is 0.455 bits per heavy atom. The van der Waals surface area contributed by atoms with Gasteiger partial charge in [-0.1, -0.05) is 212 Å². The van der Waals surface area contributed by atoms with Crippen molar-refractivity contribution < 1.29 is 37.9 Å². The summed E-state index contributed by atoms with van der Waals surface area (Å²) >= 11 is 0. The standard InChI is InChI=1S/C46H89O8P/c1-3-5-7-9-11-13-15-17-19-20-21-22-23-24-25-27-29-31-33-35-37-39-41-46(48)54-44(43-53-55(49,50)51)42-52-45(47)40-38-36-34-32-30-28-26-18-16-14-12-10-8-6-4-2/h18,26,44H,3-17,19-25,27-43H2,1-2H3,(H2,49,50,51)/b26-18+/t44-/m1/s1. The molecule has 0 aromatic heterocycles. The van der Waals surface area contributed by atoms with Crippen molar-refractivity contribution in [3.05, 3.63) is 12.2 Å². The molecule has 0 heterocycles. The topological polar surface area (TPSA) is 119 Å². The highest BCUT2D eigenvalue weighted by atomic mass is 31.2. The van der Waals surface area contributed by atoms with Crippen molar-refractivity contribution in [2.75, 3.05) is 13.2 Å². The predicted molar refractivity (Wildman–Crippen MR) is 230 cm³/mol. The quantitative estimate of drug-likeness (QED) is 0.0271. The van der Waals surface area contributed by atoms with Crippen molar-refractivity contribution in [2.24, 2.45) is 0 Å². The van der Waals surface area contributed by atoms with E-state index in [1.54, 1.807) is 0 Å². The van der Waals surface area contributed by atoms with E-state index in [1.165, 1.54) is 167 Å². The number of hydrogen-bond donors (Lipinski definition) is 2. The molecule has 0 aliphatic carbocycles. The summed E-state index contributed by atoms with van der Waals surface area (Å²) in [4.78, 5) is 42.9. The van der Waals surface area contributed by atoms with Crippen LogP contribution in [0, 0.1) is 0 Å². The van der Waals surface area contributed by atoms with Gasteiger partial charge in [0.05, 0.1) is 6.61 Å². The van der Waals surface area contributed by atoms with Crippen LogP contribution in [0.15, 0.2) is 12.2 Å². The average Bonchev–Trinajstić information content (AvgIpc) is 3.16. The molecule has 0 spiro atoms. The molecule has 0 radical (unpaired) electrons. The molecule has 0 saturated heterocycles. The Balaban J connectivity index is 3.81. The number of rotatable bonds is 44. The van der Waals surface area contributed by atoms with E-state index >= 15 is 0 Å². The second-order valence-corrected chi connectivity index (χ2v) is 17.3. The van der Waals surface area contributed by atoms with Gasteiger partial charge in [0, 0.05) is 12.8 Å². The lowest BCUT2D eigenvalue weighted by atomic mass is 10.0. The molecular weight excluding hydrogens is 711 g/mol. The van der Waals surface area contributed by atoms with E-state index < -0.39 is 32.5 Å². The molecule has 9 heteroatoms. The number of allylic oxidation sites excluding steroid dienone is 2. The lowest BCUT2D eigenvalue weighted by Gasteiger charge is -2.18. The number of unbranched alkanes of at least 4 members (excludes halogenated alkanes) is 32. The fourth-order valence-electron chi connectivity index (χ4n) is 7.02. The zero-order valence-corrected chi connectivity index (χ0v) is 37.0. The van der Waals surface area contributed by atoms with Crippen molar-refractivity contribution in [3.63, 3.8) is 0 Å². The molecule has 0 rings (SSSR count). The van der Waals surface area contributed by atoms with Gasteiger partial charge in [0.25, 0.3) is 0 Å². The summed E-state index contributed by atoms with van der Waals surface area (Å²) in [6.45, 7) is 3.71. The van der Waals surface area contributed by atoms with Crippen LogP contribution in [0.2, 0.25) is 0 Å². The van der Waals surface area contributed by atoms with Crippen LogP contribution in [0.25, 0.3) is 0 Å². The maximum absolute atomic E-state index is 12.4. The molecule has 0 aliphatic heterocycles. The number of phosphoric acid groups is 1. The van der Waals surface area contributed by atoms with Gasteiger partial charge < -0.3 is 19.3 Å². The Hall–Kier alpha value is -1.21. The smallest absolute Gasteiger partial charge is 0.462 e. The number of ether oxygens (including phenoxy) is 2. The van der Waals surface area contributed by atoms with Crippen LogP contribution in [0.1, 0.15) is 251 Å². The first-order valence-corrected chi connectivity index (χ1v) is 25.0. The first-order chi connectivity index (χ1) is 26.8. The molecule has 0 aromatic carbocycles. The van der Waals surface area contributed by atoms with Crippen molar-refractivity contribution in [1.82, 2.24) is 0 Å². The fourth-order valence-corrected chi connectivity index (χ4v) is 7.38.